The molecule has 0 spiro atoms. The van der Waals surface area contributed by atoms with Gasteiger partial charge in [0, 0.05) is 36.0 Å². The first-order valence-electron chi connectivity index (χ1n) is 10.0. The SMILES string of the molecule is Cc1ccc2c(c1)C(C)(C)C(/C=C/C=C/Nc1ccccc1)=[N+]2CCCS(=O)(=O)O. The van der Waals surface area contributed by atoms with Gasteiger partial charge in [0.05, 0.1) is 11.2 Å². The molecule has 0 saturated carbocycles. The van der Waals surface area contributed by atoms with Crippen LogP contribution in [0, 0.1) is 6.92 Å². The van der Waals surface area contributed by atoms with Crippen molar-refractivity contribution in [2.45, 2.75) is 32.6 Å². The van der Waals surface area contributed by atoms with E-state index in [4.69, 9.17) is 4.55 Å². The third-order valence-corrected chi connectivity index (χ3v) is 6.12. The number of hydrogen-bond acceptors (Lipinski definition) is 3. The first-order valence-corrected chi connectivity index (χ1v) is 11.7. The van der Waals surface area contributed by atoms with Gasteiger partial charge in [-0.3, -0.25) is 4.55 Å². The molecule has 1 aliphatic heterocycles. The predicted octanol–water partition coefficient (Wildman–Crippen LogP) is 4.83. The van der Waals surface area contributed by atoms with E-state index in [0.717, 1.165) is 17.1 Å². The van der Waals surface area contributed by atoms with Gasteiger partial charge in [-0.25, -0.2) is 0 Å². The van der Waals surface area contributed by atoms with Crippen molar-refractivity contribution in [2.75, 3.05) is 17.6 Å². The molecule has 30 heavy (non-hydrogen) atoms. The Morgan fingerprint density at radius 2 is 1.83 bits per heavy atom. The van der Waals surface area contributed by atoms with E-state index in [1.165, 1.54) is 11.1 Å². The molecule has 0 radical (unpaired) electrons. The van der Waals surface area contributed by atoms with Crippen molar-refractivity contribution in [3.63, 3.8) is 0 Å². The van der Waals surface area contributed by atoms with E-state index < -0.39 is 10.1 Å². The van der Waals surface area contributed by atoms with Gasteiger partial charge in [-0.05, 0) is 45.0 Å². The van der Waals surface area contributed by atoms with Crippen LogP contribution in [-0.2, 0) is 15.5 Å². The minimum absolute atomic E-state index is 0.212. The van der Waals surface area contributed by atoms with Gasteiger partial charge >= 0.3 is 0 Å². The molecule has 0 aromatic heterocycles. The lowest BCUT2D eigenvalue weighted by molar-refractivity contribution is -0.437. The second kappa shape index (κ2) is 8.98. The van der Waals surface area contributed by atoms with Gasteiger partial charge in [0.1, 0.15) is 6.54 Å². The van der Waals surface area contributed by atoms with Crippen molar-refractivity contribution in [3.8, 4) is 0 Å². The fourth-order valence-corrected chi connectivity index (χ4v) is 4.31. The van der Waals surface area contributed by atoms with E-state index in [2.05, 4.69) is 54.9 Å². The smallest absolute Gasteiger partial charge is 0.265 e. The summed E-state index contributed by atoms with van der Waals surface area (Å²) in [6, 6.07) is 16.3. The number of aryl methyl sites for hydroxylation is 1. The minimum atomic E-state index is -3.97. The summed E-state index contributed by atoms with van der Waals surface area (Å²) in [6.45, 7) is 6.95. The summed E-state index contributed by atoms with van der Waals surface area (Å²) in [6.07, 6.45) is 8.24. The van der Waals surface area contributed by atoms with Crippen molar-refractivity contribution in [1.29, 1.82) is 0 Å². The summed E-state index contributed by atoms with van der Waals surface area (Å²) < 4.78 is 33.6. The number of hydrogen-bond donors (Lipinski definition) is 2. The van der Waals surface area contributed by atoms with Crippen LogP contribution in [-0.4, -0.2) is 35.6 Å². The first kappa shape index (κ1) is 22.0. The average Bonchev–Trinajstić information content (AvgIpc) is 2.88. The van der Waals surface area contributed by atoms with Gasteiger partial charge in [-0.15, -0.1) is 0 Å². The van der Waals surface area contributed by atoms with E-state index in [0.29, 0.717) is 13.0 Å². The van der Waals surface area contributed by atoms with E-state index in [-0.39, 0.29) is 11.2 Å². The van der Waals surface area contributed by atoms with Crippen LogP contribution in [0.15, 0.2) is 73.0 Å². The van der Waals surface area contributed by atoms with Crippen LogP contribution in [0.4, 0.5) is 11.4 Å². The third-order valence-electron chi connectivity index (χ3n) is 5.32. The van der Waals surface area contributed by atoms with Crippen molar-refractivity contribution in [2.24, 2.45) is 0 Å². The first-order chi connectivity index (χ1) is 14.2. The molecule has 0 aliphatic carbocycles. The van der Waals surface area contributed by atoms with Crippen LogP contribution in [0.2, 0.25) is 0 Å². The lowest BCUT2D eigenvalue weighted by Crippen LogP contribution is -2.28. The fourth-order valence-electron chi connectivity index (χ4n) is 3.82. The lowest BCUT2D eigenvalue weighted by atomic mass is 9.81. The number of benzene rings is 2. The largest absolute Gasteiger partial charge is 0.362 e. The van der Waals surface area contributed by atoms with Crippen molar-refractivity contribution >= 4 is 27.2 Å². The van der Waals surface area contributed by atoms with Gasteiger partial charge in [0.15, 0.2) is 5.71 Å². The molecule has 6 heteroatoms. The van der Waals surface area contributed by atoms with E-state index in [1.807, 2.05) is 48.7 Å². The van der Waals surface area contributed by atoms with Gasteiger partial charge < -0.3 is 5.32 Å². The van der Waals surface area contributed by atoms with E-state index in [1.54, 1.807) is 0 Å². The summed E-state index contributed by atoms with van der Waals surface area (Å²) in [5.74, 6) is -0.247. The molecule has 0 bridgehead atoms. The number of para-hydroxylation sites is 1. The van der Waals surface area contributed by atoms with E-state index >= 15 is 0 Å². The summed E-state index contributed by atoms with van der Waals surface area (Å²) in [7, 11) is -3.97. The van der Waals surface area contributed by atoms with Crippen molar-refractivity contribution in [3.05, 3.63) is 84.1 Å². The molecule has 0 atom stereocenters. The number of fused-ring (bicyclic) bond motifs is 1. The van der Waals surface area contributed by atoms with Crippen molar-refractivity contribution in [1.82, 2.24) is 0 Å². The number of nitrogens with one attached hydrogen (secondary N) is 1. The summed E-state index contributed by atoms with van der Waals surface area (Å²) in [5, 5.41) is 3.23. The van der Waals surface area contributed by atoms with Crippen LogP contribution in [0.5, 0.6) is 0 Å². The van der Waals surface area contributed by atoms with Gasteiger partial charge in [-0.2, -0.15) is 13.0 Å². The standard InChI is InChI=1S/C24H28N2O3S/c1-19-13-14-22-21(18-19)24(2,3)23(26(22)16-9-17-30(27,28)29)12-7-8-15-25-20-10-5-4-6-11-20/h4-8,10-15,18H,9,16-17H2,1-3H3,(H,27,28,29)/p+1. The molecular weight excluding hydrogens is 396 g/mol. The molecule has 3 rings (SSSR count). The number of nitrogens with zero attached hydrogens (tertiary/aromatic N) is 1. The molecule has 2 aromatic rings. The van der Waals surface area contributed by atoms with Gasteiger partial charge in [0.2, 0.25) is 5.69 Å². The van der Waals surface area contributed by atoms with Crippen LogP contribution in [0.1, 0.15) is 31.4 Å². The van der Waals surface area contributed by atoms with Gasteiger partial charge in [-0.1, -0.05) is 35.9 Å². The van der Waals surface area contributed by atoms with Crippen LogP contribution in [0.25, 0.3) is 0 Å². The van der Waals surface area contributed by atoms with Crippen LogP contribution < -0.4 is 5.32 Å². The Bertz CT molecular complexity index is 1100. The molecule has 2 aromatic carbocycles. The monoisotopic (exact) mass is 425 g/mol. The molecular formula is C24H29N2O3S+. The predicted molar refractivity (Wildman–Crippen MR) is 123 cm³/mol. The maximum absolute atomic E-state index is 11.2. The highest BCUT2D eigenvalue weighted by Crippen LogP contribution is 2.40. The minimum Gasteiger partial charge on any atom is -0.362 e. The Labute approximate surface area is 179 Å². The van der Waals surface area contributed by atoms with Crippen LogP contribution in [0.3, 0.4) is 0 Å². The zero-order chi connectivity index (χ0) is 21.8. The topological polar surface area (TPSA) is 69.4 Å². The zero-order valence-electron chi connectivity index (χ0n) is 17.7. The Hall–Kier alpha value is -2.70. The second-order valence-corrected chi connectivity index (χ2v) is 9.62. The molecule has 2 N–H and O–H groups in total. The summed E-state index contributed by atoms with van der Waals surface area (Å²) in [5.41, 5.74) is 5.41. The number of rotatable bonds is 8. The molecule has 1 aliphatic rings. The summed E-state index contributed by atoms with van der Waals surface area (Å²) >= 11 is 0. The Morgan fingerprint density at radius 1 is 1.10 bits per heavy atom. The maximum atomic E-state index is 11.2. The quantitative estimate of drug-likeness (QED) is 0.361. The third kappa shape index (κ3) is 5.26. The number of anilines is 1. The van der Waals surface area contributed by atoms with E-state index in [9.17, 15) is 8.42 Å². The summed E-state index contributed by atoms with van der Waals surface area (Å²) in [4.78, 5) is 0. The Morgan fingerprint density at radius 3 is 2.53 bits per heavy atom. The normalized spacial score (nSPS) is 15.9. The highest BCUT2D eigenvalue weighted by molar-refractivity contribution is 7.85. The molecule has 0 fully saturated rings. The van der Waals surface area contributed by atoms with Gasteiger partial charge in [0.25, 0.3) is 10.1 Å². The molecule has 1 heterocycles. The molecule has 0 amide bonds. The molecule has 5 nitrogen and oxygen atoms in total. The maximum Gasteiger partial charge on any atom is 0.265 e. The van der Waals surface area contributed by atoms with Crippen LogP contribution >= 0.6 is 0 Å². The highest BCUT2D eigenvalue weighted by Gasteiger charge is 2.44. The molecule has 0 unspecified atom stereocenters. The molecule has 0 saturated heterocycles. The lowest BCUT2D eigenvalue weighted by Gasteiger charge is -2.15. The Kier molecular flexibility index (Phi) is 6.58. The Balaban J connectivity index is 1.85. The fraction of sp³-hybridized carbons (Fsp3) is 0.292. The number of allylic oxidation sites excluding steroid dienone is 3. The second-order valence-electron chi connectivity index (χ2n) is 8.05. The van der Waals surface area contributed by atoms with Crippen molar-refractivity contribution < 1.29 is 17.5 Å². The molecule has 158 valence electrons. The zero-order valence-corrected chi connectivity index (χ0v) is 18.5. The highest BCUT2D eigenvalue weighted by atomic mass is 32.2. The average molecular weight is 426 g/mol.